The van der Waals surface area contributed by atoms with Gasteiger partial charge in [0.2, 0.25) is 5.91 Å². The van der Waals surface area contributed by atoms with Crippen molar-refractivity contribution in [2.45, 2.75) is 58.7 Å². The molecule has 0 bridgehead atoms. The van der Waals surface area contributed by atoms with E-state index < -0.39 is 0 Å². The number of hydrogen-bond acceptors (Lipinski definition) is 4. The molecule has 2 heterocycles. The van der Waals surface area contributed by atoms with E-state index in [-0.39, 0.29) is 41.8 Å². The second-order valence-electron chi connectivity index (χ2n) is 5.61. The molecule has 2 N–H and O–H groups in total. The zero-order chi connectivity index (χ0) is 14.9. The first-order valence-corrected chi connectivity index (χ1v) is 7.95. The van der Waals surface area contributed by atoms with Crippen LogP contribution >= 0.6 is 23.7 Å². The highest BCUT2D eigenvalue weighted by Gasteiger charge is 2.29. The lowest BCUT2D eigenvalue weighted by molar-refractivity contribution is -0.136. The van der Waals surface area contributed by atoms with Gasteiger partial charge in [0.25, 0.3) is 0 Å². The molecule has 21 heavy (non-hydrogen) atoms. The Kier molecular flexibility index (Phi) is 6.43. The molecule has 1 amide bonds. The van der Waals surface area contributed by atoms with Gasteiger partial charge in [-0.15, -0.1) is 12.4 Å². The lowest BCUT2D eigenvalue weighted by Gasteiger charge is -2.38. The van der Waals surface area contributed by atoms with E-state index in [2.05, 4.69) is 0 Å². The zero-order valence-electron chi connectivity index (χ0n) is 12.8. The van der Waals surface area contributed by atoms with Crippen LogP contribution in [0, 0.1) is 13.8 Å². The Balaban J connectivity index is 0.00000220. The predicted octanol–water partition coefficient (Wildman–Crippen LogP) is 1.68. The summed E-state index contributed by atoms with van der Waals surface area (Å²) in [5.74, 6) is 0.00926. The van der Waals surface area contributed by atoms with Crippen LogP contribution in [0.3, 0.4) is 0 Å². The van der Waals surface area contributed by atoms with Crippen LogP contribution in [0.2, 0.25) is 0 Å². The molecular formula is C14H24ClN3O2S. The molecule has 0 saturated carbocycles. The van der Waals surface area contributed by atoms with Crippen molar-refractivity contribution in [3.05, 3.63) is 20.2 Å². The third kappa shape index (κ3) is 3.87. The van der Waals surface area contributed by atoms with E-state index in [0.29, 0.717) is 0 Å². The number of rotatable bonds is 3. The lowest BCUT2D eigenvalue weighted by Crippen LogP contribution is -2.52. The van der Waals surface area contributed by atoms with Gasteiger partial charge in [0.15, 0.2) is 0 Å². The summed E-state index contributed by atoms with van der Waals surface area (Å²) < 4.78 is 1.58. The molecule has 2 unspecified atom stereocenters. The number of amides is 1. The monoisotopic (exact) mass is 333 g/mol. The van der Waals surface area contributed by atoms with Gasteiger partial charge in [-0.3, -0.25) is 14.2 Å². The molecule has 1 aliphatic heterocycles. The molecule has 1 aliphatic rings. The molecule has 1 aromatic rings. The maximum absolute atomic E-state index is 12.5. The Morgan fingerprint density at radius 3 is 2.62 bits per heavy atom. The van der Waals surface area contributed by atoms with Crippen LogP contribution in [0.5, 0.6) is 0 Å². The van der Waals surface area contributed by atoms with E-state index >= 15 is 0 Å². The molecule has 5 nitrogen and oxygen atoms in total. The van der Waals surface area contributed by atoms with E-state index in [4.69, 9.17) is 5.73 Å². The summed E-state index contributed by atoms with van der Waals surface area (Å²) in [6, 6.07) is 0.0771. The number of nitrogens with two attached hydrogens (primary N) is 1. The second-order valence-corrected chi connectivity index (χ2v) is 6.77. The largest absolute Gasteiger partial charge is 0.337 e. The van der Waals surface area contributed by atoms with Gasteiger partial charge >= 0.3 is 4.87 Å². The quantitative estimate of drug-likeness (QED) is 0.915. The Bertz CT molecular complexity index is 553. The molecule has 2 atom stereocenters. The topological polar surface area (TPSA) is 68.3 Å². The number of piperidine rings is 1. The Morgan fingerprint density at radius 2 is 2.10 bits per heavy atom. The number of aromatic nitrogens is 1. The molecule has 1 fully saturated rings. The third-order valence-electron chi connectivity index (χ3n) is 4.15. The van der Waals surface area contributed by atoms with Crippen molar-refractivity contribution in [3.63, 3.8) is 0 Å². The molecule has 0 aliphatic carbocycles. The van der Waals surface area contributed by atoms with Crippen molar-refractivity contribution in [1.29, 1.82) is 0 Å². The van der Waals surface area contributed by atoms with Gasteiger partial charge in [-0.1, -0.05) is 11.3 Å². The SMILES string of the molecule is Cc1sc(=O)n(CC(=O)N2CCCCC2C(C)N)c1C.Cl. The number of carbonyl (C=O) groups excluding carboxylic acids is 1. The van der Waals surface area contributed by atoms with E-state index in [1.165, 1.54) is 11.3 Å². The van der Waals surface area contributed by atoms with Crippen LogP contribution in [0.25, 0.3) is 0 Å². The van der Waals surface area contributed by atoms with Crippen LogP contribution in [0.1, 0.15) is 36.8 Å². The van der Waals surface area contributed by atoms with Gasteiger partial charge < -0.3 is 10.6 Å². The second kappa shape index (κ2) is 7.42. The average Bonchev–Trinajstić information content (AvgIpc) is 2.65. The van der Waals surface area contributed by atoms with Crippen molar-refractivity contribution in [3.8, 4) is 0 Å². The van der Waals surface area contributed by atoms with E-state index in [1.807, 2.05) is 25.7 Å². The highest BCUT2D eigenvalue weighted by Crippen LogP contribution is 2.20. The summed E-state index contributed by atoms with van der Waals surface area (Å²) in [5.41, 5.74) is 6.88. The standard InChI is InChI=1S/C14H23N3O2S.ClH/c1-9(15)12-6-4-5-7-16(12)13(18)8-17-10(2)11(3)20-14(17)19;/h9,12H,4-8,15H2,1-3H3;1H. The van der Waals surface area contributed by atoms with Crippen molar-refractivity contribution >= 4 is 29.7 Å². The van der Waals surface area contributed by atoms with E-state index in [0.717, 1.165) is 36.4 Å². The van der Waals surface area contributed by atoms with Crippen molar-refractivity contribution in [1.82, 2.24) is 9.47 Å². The van der Waals surface area contributed by atoms with Crippen molar-refractivity contribution in [2.75, 3.05) is 6.54 Å². The highest BCUT2D eigenvalue weighted by atomic mass is 35.5. The first kappa shape index (κ1) is 18.2. The number of likely N-dealkylation sites (tertiary alicyclic amines) is 1. The van der Waals surface area contributed by atoms with Crippen LogP contribution < -0.4 is 10.6 Å². The van der Waals surface area contributed by atoms with Gasteiger partial charge in [0.1, 0.15) is 6.54 Å². The highest BCUT2D eigenvalue weighted by molar-refractivity contribution is 7.09. The molecule has 2 rings (SSSR count). The number of aryl methyl sites for hydroxylation is 1. The molecule has 7 heteroatoms. The summed E-state index contributed by atoms with van der Waals surface area (Å²) >= 11 is 1.20. The first-order chi connectivity index (χ1) is 9.41. The van der Waals surface area contributed by atoms with Gasteiger partial charge in [-0.2, -0.15) is 0 Å². The number of hydrogen-bond donors (Lipinski definition) is 1. The van der Waals surface area contributed by atoms with E-state index in [9.17, 15) is 9.59 Å². The average molecular weight is 334 g/mol. The van der Waals surface area contributed by atoms with Gasteiger partial charge in [0, 0.05) is 29.2 Å². The number of thiazole rings is 1. The minimum Gasteiger partial charge on any atom is -0.337 e. The van der Waals surface area contributed by atoms with Crippen molar-refractivity contribution in [2.24, 2.45) is 5.73 Å². The lowest BCUT2D eigenvalue weighted by atomic mass is 9.97. The number of nitrogens with zero attached hydrogens (tertiary/aromatic N) is 2. The summed E-state index contributed by atoms with van der Waals surface area (Å²) in [7, 11) is 0. The van der Waals surface area contributed by atoms with Gasteiger partial charge in [-0.05, 0) is 40.0 Å². The molecular weight excluding hydrogens is 310 g/mol. The fourth-order valence-corrected chi connectivity index (χ4v) is 3.64. The Labute approximate surface area is 135 Å². The number of carbonyl (C=O) groups is 1. The van der Waals surface area contributed by atoms with Gasteiger partial charge in [-0.25, -0.2) is 0 Å². The minimum atomic E-state index is -0.0530. The molecule has 1 aromatic heterocycles. The van der Waals surface area contributed by atoms with Gasteiger partial charge in [0.05, 0.1) is 0 Å². The summed E-state index contributed by atoms with van der Waals surface area (Å²) in [4.78, 5) is 27.2. The Hall–Kier alpha value is -0.850. The normalized spacial score (nSPS) is 20.0. The summed E-state index contributed by atoms with van der Waals surface area (Å²) in [6.45, 7) is 6.64. The molecule has 0 spiro atoms. The van der Waals surface area contributed by atoms with Crippen LogP contribution in [-0.4, -0.2) is 34.0 Å². The molecule has 0 radical (unpaired) electrons. The molecule has 1 saturated heterocycles. The maximum Gasteiger partial charge on any atom is 0.308 e. The molecule has 0 aromatic carbocycles. The fourth-order valence-electron chi connectivity index (χ4n) is 2.81. The van der Waals surface area contributed by atoms with Crippen LogP contribution in [0.15, 0.2) is 4.79 Å². The minimum absolute atomic E-state index is 0. The summed E-state index contributed by atoms with van der Waals surface area (Å²) in [5, 5.41) is 0. The summed E-state index contributed by atoms with van der Waals surface area (Å²) in [6.07, 6.45) is 3.10. The van der Waals surface area contributed by atoms with Crippen LogP contribution in [0.4, 0.5) is 0 Å². The molecule has 120 valence electrons. The zero-order valence-corrected chi connectivity index (χ0v) is 14.4. The third-order valence-corrected chi connectivity index (χ3v) is 5.14. The first-order valence-electron chi connectivity index (χ1n) is 7.13. The smallest absolute Gasteiger partial charge is 0.308 e. The number of halogens is 1. The van der Waals surface area contributed by atoms with E-state index in [1.54, 1.807) is 4.57 Å². The Morgan fingerprint density at radius 1 is 1.43 bits per heavy atom. The van der Waals surface area contributed by atoms with Crippen molar-refractivity contribution < 1.29 is 4.79 Å². The maximum atomic E-state index is 12.5. The predicted molar refractivity (Wildman–Crippen MR) is 88.3 cm³/mol. The van der Waals surface area contributed by atoms with Crippen LogP contribution in [-0.2, 0) is 11.3 Å². The fraction of sp³-hybridized carbons (Fsp3) is 0.714.